The zero-order valence-corrected chi connectivity index (χ0v) is 19.1. The molecule has 2 rings (SSSR count). The standard InChI is InChI=1S/C16H34N2S.2HI/c1-17(9-5-3-6-10-17)13-15-19-16-14-18(2)11-7-4-8-12-18;;/h3-16H2,1-2H3;2*1H/q+2;;/p-2. The number of nitrogens with zero attached hydrogens (tertiary/aromatic N) is 2. The van der Waals surface area contributed by atoms with Crippen molar-refractivity contribution in [3.63, 3.8) is 0 Å². The molecule has 0 aromatic rings. The molecule has 0 aliphatic carbocycles. The number of likely N-dealkylation sites (tertiary alicyclic amines) is 2. The van der Waals surface area contributed by atoms with E-state index in [1.54, 1.807) is 0 Å². The maximum absolute atomic E-state index is 2.47. The second-order valence-corrected chi connectivity index (χ2v) is 8.54. The fourth-order valence-electron chi connectivity index (χ4n) is 3.67. The normalized spacial score (nSPS) is 23.7. The van der Waals surface area contributed by atoms with Gasteiger partial charge in [0, 0.05) is 11.5 Å². The summed E-state index contributed by atoms with van der Waals surface area (Å²) >= 11 is 2.21. The highest BCUT2D eigenvalue weighted by Gasteiger charge is 2.25. The Labute approximate surface area is 171 Å². The van der Waals surface area contributed by atoms with E-state index >= 15 is 0 Å². The molecule has 2 saturated heterocycles. The van der Waals surface area contributed by atoms with Gasteiger partial charge in [0.15, 0.2) is 0 Å². The van der Waals surface area contributed by atoms with E-state index < -0.39 is 0 Å². The highest BCUT2D eigenvalue weighted by Crippen LogP contribution is 2.19. The topological polar surface area (TPSA) is 0 Å². The second kappa shape index (κ2) is 11.3. The van der Waals surface area contributed by atoms with E-state index in [0.29, 0.717) is 0 Å². The summed E-state index contributed by atoms with van der Waals surface area (Å²) in [5, 5.41) is 0. The number of piperidine rings is 2. The first kappa shape index (κ1) is 22.7. The summed E-state index contributed by atoms with van der Waals surface area (Å²) in [6.07, 6.45) is 8.76. The third-order valence-corrected chi connectivity index (χ3v) is 6.29. The summed E-state index contributed by atoms with van der Waals surface area (Å²) in [5.74, 6) is 2.74. The predicted octanol–water partition coefficient (Wildman–Crippen LogP) is -3.01. The summed E-state index contributed by atoms with van der Waals surface area (Å²) in [5.41, 5.74) is 0. The van der Waals surface area contributed by atoms with Gasteiger partial charge in [-0.15, -0.1) is 0 Å². The molecule has 21 heavy (non-hydrogen) atoms. The van der Waals surface area contributed by atoms with Gasteiger partial charge in [0.2, 0.25) is 0 Å². The fraction of sp³-hybridized carbons (Fsp3) is 1.00. The van der Waals surface area contributed by atoms with Crippen LogP contribution >= 0.6 is 11.8 Å². The lowest BCUT2D eigenvalue weighted by Crippen LogP contribution is -3.00. The SMILES string of the molecule is C[N+]1(CCSCC[N+]2(C)CCCCC2)CCCCC1.[I-].[I-]. The quantitative estimate of drug-likeness (QED) is 0.197. The van der Waals surface area contributed by atoms with Crippen molar-refractivity contribution in [1.29, 1.82) is 0 Å². The van der Waals surface area contributed by atoms with Crippen LogP contribution in [0.3, 0.4) is 0 Å². The maximum atomic E-state index is 2.47. The van der Waals surface area contributed by atoms with Crippen LogP contribution in [0.4, 0.5) is 0 Å². The van der Waals surface area contributed by atoms with Crippen molar-refractivity contribution in [3.8, 4) is 0 Å². The van der Waals surface area contributed by atoms with Crippen LogP contribution in [0.2, 0.25) is 0 Å². The summed E-state index contributed by atoms with van der Waals surface area (Å²) < 4.78 is 2.69. The molecular formula is C16H34I2N2S. The van der Waals surface area contributed by atoms with E-state index in [0.717, 1.165) is 0 Å². The van der Waals surface area contributed by atoms with Crippen LogP contribution in [-0.4, -0.2) is 73.8 Å². The number of hydrogen-bond donors (Lipinski definition) is 0. The Morgan fingerprint density at radius 1 is 0.619 bits per heavy atom. The number of quaternary nitrogens is 2. The molecule has 0 N–H and O–H groups in total. The molecule has 2 aliphatic heterocycles. The first-order chi connectivity index (χ1) is 9.12. The van der Waals surface area contributed by atoms with Gasteiger partial charge in [-0.3, -0.25) is 0 Å². The lowest BCUT2D eigenvalue weighted by Gasteiger charge is -2.38. The summed E-state index contributed by atoms with van der Waals surface area (Å²) in [7, 11) is 4.94. The molecule has 2 fully saturated rings. The fourth-order valence-corrected chi connectivity index (χ4v) is 5.01. The monoisotopic (exact) mass is 540 g/mol. The van der Waals surface area contributed by atoms with Gasteiger partial charge >= 0.3 is 0 Å². The van der Waals surface area contributed by atoms with Crippen LogP contribution in [0.15, 0.2) is 0 Å². The first-order valence-electron chi connectivity index (χ1n) is 8.37. The molecule has 2 nitrogen and oxygen atoms in total. The Morgan fingerprint density at radius 3 is 1.29 bits per heavy atom. The van der Waals surface area contributed by atoms with E-state index in [1.165, 1.54) is 98.3 Å². The van der Waals surface area contributed by atoms with Gasteiger partial charge in [0.1, 0.15) is 0 Å². The van der Waals surface area contributed by atoms with Gasteiger partial charge in [-0.05, 0) is 38.5 Å². The average molecular weight is 540 g/mol. The van der Waals surface area contributed by atoms with Crippen molar-refractivity contribution in [1.82, 2.24) is 0 Å². The third kappa shape index (κ3) is 8.40. The minimum atomic E-state index is 0. The predicted molar refractivity (Wildman–Crippen MR) is 86.6 cm³/mol. The molecule has 0 aromatic heterocycles. The minimum Gasteiger partial charge on any atom is -1.00 e. The molecule has 0 spiro atoms. The zero-order chi connectivity index (χ0) is 13.6. The molecule has 0 amide bonds. The van der Waals surface area contributed by atoms with Gasteiger partial charge < -0.3 is 56.9 Å². The molecule has 128 valence electrons. The van der Waals surface area contributed by atoms with Crippen molar-refractivity contribution < 1.29 is 56.9 Å². The van der Waals surface area contributed by atoms with E-state index in [2.05, 4.69) is 25.9 Å². The third-order valence-electron chi connectivity index (χ3n) is 5.34. The lowest BCUT2D eigenvalue weighted by atomic mass is 10.1. The van der Waals surface area contributed by atoms with Crippen LogP contribution in [0, 0.1) is 0 Å². The summed E-state index contributed by atoms with van der Waals surface area (Å²) in [6, 6.07) is 0. The molecule has 0 aromatic carbocycles. The smallest absolute Gasteiger partial charge is 0.0876 e. The Morgan fingerprint density at radius 2 is 0.952 bits per heavy atom. The van der Waals surface area contributed by atoms with Crippen molar-refractivity contribution in [2.45, 2.75) is 38.5 Å². The first-order valence-corrected chi connectivity index (χ1v) is 9.52. The molecule has 2 heterocycles. The van der Waals surface area contributed by atoms with Crippen LogP contribution in [0.5, 0.6) is 0 Å². The summed E-state index contributed by atoms with van der Waals surface area (Å²) in [6.45, 7) is 8.49. The van der Waals surface area contributed by atoms with E-state index in [-0.39, 0.29) is 48.0 Å². The Balaban J connectivity index is 0.00000200. The van der Waals surface area contributed by atoms with E-state index in [9.17, 15) is 0 Å². The van der Waals surface area contributed by atoms with Gasteiger partial charge in [-0.1, -0.05) is 0 Å². The van der Waals surface area contributed by atoms with Crippen molar-refractivity contribution >= 4 is 11.8 Å². The average Bonchev–Trinajstić information content (AvgIpc) is 2.40. The highest BCUT2D eigenvalue weighted by atomic mass is 127. The van der Waals surface area contributed by atoms with Crippen LogP contribution in [-0.2, 0) is 0 Å². The summed E-state index contributed by atoms with van der Waals surface area (Å²) in [4.78, 5) is 0. The molecule has 0 saturated carbocycles. The Hall–Kier alpha value is 1.73. The zero-order valence-electron chi connectivity index (χ0n) is 14.0. The van der Waals surface area contributed by atoms with Gasteiger partial charge in [0.25, 0.3) is 0 Å². The molecular weight excluding hydrogens is 506 g/mol. The van der Waals surface area contributed by atoms with Gasteiger partial charge in [-0.25, -0.2) is 0 Å². The second-order valence-electron chi connectivity index (χ2n) is 7.31. The molecule has 0 unspecified atom stereocenters. The molecule has 0 atom stereocenters. The largest absolute Gasteiger partial charge is 1.00 e. The number of hydrogen-bond acceptors (Lipinski definition) is 1. The molecule has 2 aliphatic rings. The van der Waals surface area contributed by atoms with E-state index in [1.807, 2.05) is 0 Å². The van der Waals surface area contributed by atoms with Crippen molar-refractivity contribution in [2.24, 2.45) is 0 Å². The Bertz CT molecular complexity index is 239. The van der Waals surface area contributed by atoms with Crippen molar-refractivity contribution in [2.75, 3.05) is 64.9 Å². The van der Waals surface area contributed by atoms with Gasteiger partial charge in [0.05, 0.1) is 53.4 Å². The van der Waals surface area contributed by atoms with E-state index in [4.69, 9.17) is 0 Å². The number of thioether (sulfide) groups is 1. The number of rotatable bonds is 6. The van der Waals surface area contributed by atoms with Crippen LogP contribution in [0.25, 0.3) is 0 Å². The maximum Gasteiger partial charge on any atom is 0.0876 e. The molecule has 0 bridgehead atoms. The molecule has 5 heteroatoms. The highest BCUT2D eigenvalue weighted by molar-refractivity contribution is 7.99. The van der Waals surface area contributed by atoms with Gasteiger partial charge in [-0.2, -0.15) is 11.8 Å². The minimum absolute atomic E-state index is 0. The lowest BCUT2D eigenvalue weighted by molar-refractivity contribution is -0.912. The van der Waals surface area contributed by atoms with Crippen LogP contribution < -0.4 is 48.0 Å². The number of halogens is 2. The van der Waals surface area contributed by atoms with Crippen molar-refractivity contribution in [3.05, 3.63) is 0 Å². The van der Waals surface area contributed by atoms with Crippen LogP contribution in [0.1, 0.15) is 38.5 Å². The molecule has 0 radical (unpaired) electrons. The Kier molecular flexibility index (Phi) is 12.2.